The molecule has 0 atom stereocenters. The molecule has 0 aliphatic carbocycles. The maximum atomic E-state index is 11.8. The highest BCUT2D eigenvalue weighted by Crippen LogP contribution is 2.33. The Morgan fingerprint density at radius 2 is 1.55 bits per heavy atom. The minimum Gasteiger partial charge on any atom is -0.457 e. The molecular weight excluding hydrogens is 396 g/mol. The molecule has 0 aliphatic rings. The van der Waals surface area contributed by atoms with E-state index in [0.29, 0.717) is 17.3 Å². The summed E-state index contributed by atoms with van der Waals surface area (Å²) in [5.74, 6) is 1.92. The Hall–Kier alpha value is -4.53. The molecule has 2 aromatic carbocycles. The van der Waals surface area contributed by atoms with Gasteiger partial charge in [0.2, 0.25) is 11.6 Å². The summed E-state index contributed by atoms with van der Waals surface area (Å²) in [7, 11) is 0. The van der Waals surface area contributed by atoms with E-state index >= 15 is 0 Å². The number of para-hydroxylation sites is 1. The molecule has 0 aliphatic heterocycles. The molecule has 0 saturated heterocycles. The van der Waals surface area contributed by atoms with Crippen molar-refractivity contribution in [2.45, 2.75) is 6.92 Å². The van der Waals surface area contributed by atoms with Gasteiger partial charge in [0.05, 0.1) is 4.92 Å². The van der Waals surface area contributed by atoms with Gasteiger partial charge in [0.15, 0.2) is 0 Å². The molecule has 2 aromatic heterocycles. The number of pyridine rings is 1. The molecule has 4 aromatic rings. The molecule has 154 valence electrons. The Morgan fingerprint density at radius 1 is 0.871 bits per heavy atom. The quantitative estimate of drug-likeness (QED) is 0.306. The number of hydrogen-bond acceptors (Lipinski definition) is 8. The first-order chi connectivity index (χ1) is 15.1. The van der Waals surface area contributed by atoms with Crippen molar-refractivity contribution in [3.8, 4) is 11.5 Å². The lowest BCUT2D eigenvalue weighted by atomic mass is 10.3. The summed E-state index contributed by atoms with van der Waals surface area (Å²) in [4.78, 5) is 23.5. The molecule has 0 amide bonds. The summed E-state index contributed by atoms with van der Waals surface area (Å²) in [6, 6.07) is 20.0. The lowest BCUT2D eigenvalue weighted by molar-refractivity contribution is -0.383. The minimum atomic E-state index is -0.534. The van der Waals surface area contributed by atoms with Crippen LogP contribution in [0.15, 0.2) is 79.3 Å². The Kier molecular flexibility index (Phi) is 5.66. The van der Waals surface area contributed by atoms with E-state index in [1.807, 2.05) is 43.3 Å². The van der Waals surface area contributed by atoms with Crippen molar-refractivity contribution in [1.82, 2.24) is 15.0 Å². The van der Waals surface area contributed by atoms with Gasteiger partial charge in [-0.2, -0.15) is 0 Å². The monoisotopic (exact) mass is 414 g/mol. The van der Waals surface area contributed by atoms with E-state index in [4.69, 9.17) is 4.74 Å². The first-order valence-electron chi connectivity index (χ1n) is 9.37. The summed E-state index contributed by atoms with van der Waals surface area (Å²) in [6.45, 7) is 1.90. The van der Waals surface area contributed by atoms with Crippen molar-refractivity contribution in [3.05, 3.63) is 94.9 Å². The molecule has 0 bridgehead atoms. The van der Waals surface area contributed by atoms with Gasteiger partial charge < -0.3 is 15.4 Å². The van der Waals surface area contributed by atoms with E-state index in [1.54, 1.807) is 36.5 Å². The molecule has 9 nitrogen and oxygen atoms in total. The molecule has 9 heteroatoms. The molecule has 0 unspecified atom stereocenters. The molecule has 31 heavy (non-hydrogen) atoms. The van der Waals surface area contributed by atoms with Crippen molar-refractivity contribution >= 4 is 28.8 Å². The second-order valence-corrected chi connectivity index (χ2v) is 6.58. The number of nitro groups is 1. The van der Waals surface area contributed by atoms with Gasteiger partial charge in [0.1, 0.15) is 23.6 Å². The van der Waals surface area contributed by atoms with E-state index in [0.717, 1.165) is 11.3 Å². The van der Waals surface area contributed by atoms with E-state index < -0.39 is 4.92 Å². The molecular formula is C22H18N6O3. The zero-order valence-electron chi connectivity index (χ0n) is 16.5. The van der Waals surface area contributed by atoms with Gasteiger partial charge in [0.25, 0.3) is 0 Å². The molecule has 0 fully saturated rings. The van der Waals surface area contributed by atoms with Crippen molar-refractivity contribution in [2.75, 3.05) is 10.6 Å². The number of benzene rings is 2. The highest BCUT2D eigenvalue weighted by molar-refractivity contribution is 5.76. The van der Waals surface area contributed by atoms with Gasteiger partial charge in [-0.25, -0.2) is 15.0 Å². The Balaban J connectivity index is 1.56. The number of aryl methyl sites for hydroxylation is 1. The third-order valence-electron chi connectivity index (χ3n) is 4.26. The first-order valence-corrected chi connectivity index (χ1v) is 9.37. The van der Waals surface area contributed by atoms with Crippen LogP contribution in [0.1, 0.15) is 5.56 Å². The molecule has 0 spiro atoms. The molecule has 0 saturated carbocycles. The van der Waals surface area contributed by atoms with Crippen LogP contribution in [-0.4, -0.2) is 19.9 Å². The first kappa shape index (κ1) is 19.8. The standard InChI is InChI=1S/C22H18N6O3/c1-15-11-12-23-19(13-15)27-22-20(28(29)30)21(24-14-25-22)26-16-7-9-18(10-8-16)31-17-5-3-2-4-6-17/h2-14H,1H3,(H2,23,24,25,26,27). The van der Waals surface area contributed by atoms with Crippen LogP contribution in [-0.2, 0) is 0 Å². The van der Waals surface area contributed by atoms with Crippen molar-refractivity contribution in [1.29, 1.82) is 0 Å². The zero-order valence-corrected chi connectivity index (χ0v) is 16.5. The lowest BCUT2D eigenvalue weighted by Gasteiger charge is -2.11. The number of nitrogens with zero attached hydrogens (tertiary/aromatic N) is 4. The van der Waals surface area contributed by atoms with Gasteiger partial charge in [0, 0.05) is 11.9 Å². The van der Waals surface area contributed by atoms with Gasteiger partial charge in [-0.05, 0) is 61.0 Å². The van der Waals surface area contributed by atoms with E-state index in [2.05, 4.69) is 25.6 Å². The average Bonchev–Trinajstić information content (AvgIpc) is 2.76. The number of nitrogens with one attached hydrogen (secondary N) is 2. The second kappa shape index (κ2) is 8.87. The van der Waals surface area contributed by atoms with Gasteiger partial charge in [-0.1, -0.05) is 18.2 Å². The van der Waals surface area contributed by atoms with Crippen molar-refractivity contribution < 1.29 is 9.66 Å². The maximum absolute atomic E-state index is 11.8. The fourth-order valence-electron chi connectivity index (χ4n) is 2.83. The maximum Gasteiger partial charge on any atom is 0.353 e. The summed E-state index contributed by atoms with van der Waals surface area (Å²) in [5, 5.41) is 17.6. The number of ether oxygens (including phenoxy) is 1. The van der Waals surface area contributed by atoms with Crippen LogP contribution in [0.25, 0.3) is 0 Å². The second-order valence-electron chi connectivity index (χ2n) is 6.58. The van der Waals surface area contributed by atoms with Crippen LogP contribution >= 0.6 is 0 Å². The van der Waals surface area contributed by atoms with E-state index in [9.17, 15) is 10.1 Å². The minimum absolute atomic E-state index is 0.0460. The summed E-state index contributed by atoms with van der Waals surface area (Å²) >= 11 is 0. The van der Waals surface area contributed by atoms with E-state index in [-0.39, 0.29) is 17.3 Å². The number of hydrogen-bond donors (Lipinski definition) is 2. The Morgan fingerprint density at radius 3 is 2.23 bits per heavy atom. The largest absolute Gasteiger partial charge is 0.457 e. The van der Waals surface area contributed by atoms with Crippen LogP contribution in [0, 0.1) is 17.0 Å². The number of anilines is 4. The number of rotatable bonds is 7. The lowest BCUT2D eigenvalue weighted by Crippen LogP contribution is -2.06. The van der Waals surface area contributed by atoms with Crippen LogP contribution in [0.5, 0.6) is 11.5 Å². The molecule has 0 radical (unpaired) electrons. The predicted octanol–water partition coefficient (Wildman–Crippen LogP) is 5.37. The van der Waals surface area contributed by atoms with Crippen LogP contribution in [0.2, 0.25) is 0 Å². The Labute approximate surface area is 177 Å². The number of aromatic nitrogens is 3. The molecule has 2 heterocycles. The average molecular weight is 414 g/mol. The van der Waals surface area contributed by atoms with Gasteiger partial charge >= 0.3 is 5.69 Å². The van der Waals surface area contributed by atoms with Crippen LogP contribution < -0.4 is 15.4 Å². The van der Waals surface area contributed by atoms with Crippen LogP contribution in [0.4, 0.5) is 28.8 Å². The third-order valence-corrected chi connectivity index (χ3v) is 4.26. The molecule has 2 N–H and O–H groups in total. The third kappa shape index (κ3) is 4.91. The summed E-state index contributed by atoms with van der Waals surface area (Å²) < 4.78 is 5.76. The topological polar surface area (TPSA) is 115 Å². The highest BCUT2D eigenvalue weighted by Gasteiger charge is 2.23. The van der Waals surface area contributed by atoms with Crippen LogP contribution in [0.3, 0.4) is 0 Å². The Bertz CT molecular complexity index is 1200. The van der Waals surface area contributed by atoms with Crippen molar-refractivity contribution in [2.24, 2.45) is 0 Å². The fraction of sp³-hybridized carbons (Fsp3) is 0.0455. The molecule has 4 rings (SSSR count). The zero-order chi connectivity index (χ0) is 21.6. The smallest absolute Gasteiger partial charge is 0.353 e. The summed E-state index contributed by atoms with van der Waals surface area (Å²) in [5.41, 5.74) is 1.29. The fourth-order valence-corrected chi connectivity index (χ4v) is 2.83. The van der Waals surface area contributed by atoms with Gasteiger partial charge in [-0.15, -0.1) is 0 Å². The highest BCUT2D eigenvalue weighted by atomic mass is 16.6. The van der Waals surface area contributed by atoms with Gasteiger partial charge in [-0.3, -0.25) is 10.1 Å². The SMILES string of the molecule is Cc1ccnc(Nc2ncnc(Nc3ccc(Oc4ccccc4)cc3)c2[N+](=O)[O-])c1. The predicted molar refractivity (Wildman–Crippen MR) is 117 cm³/mol. The summed E-state index contributed by atoms with van der Waals surface area (Å²) in [6.07, 6.45) is 2.86. The normalized spacial score (nSPS) is 10.4. The van der Waals surface area contributed by atoms with E-state index in [1.165, 1.54) is 6.33 Å². The van der Waals surface area contributed by atoms with Crippen molar-refractivity contribution in [3.63, 3.8) is 0 Å².